The lowest BCUT2D eigenvalue weighted by molar-refractivity contribution is 1.14. The summed E-state index contributed by atoms with van der Waals surface area (Å²) in [5, 5.41) is 13.3. The normalized spacial score (nSPS) is 13.3. The number of hydrogen-bond acceptors (Lipinski definition) is 0. The summed E-state index contributed by atoms with van der Waals surface area (Å²) in [6, 6.07) is 52.4. The molecule has 204 valence electrons. The maximum absolute atomic E-state index is 2.58. The summed E-state index contributed by atoms with van der Waals surface area (Å²) < 4.78 is 5.12. The second-order valence-electron chi connectivity index (χ2n) is 12.8. The van der Waals surface area contributed by atoms with Crippen LogP contribution in [0.3, 0.4) is 0 Å². The van der Waals surface area contributed by atoms with Crippen molar-refractivity contribution in [2.75, 3.05) is 0 Å². The van der Waals surface area contributed by atoms with Crippen molar-refractivity contribution in [1.82, 2.24) is 9.13 Å². The molecular formula is C42H23BN2. The molecule has 0 saturated heterocycles. The Bertz CT molecular complexity index is 2990. The number of aromatic nitrogens is 2. The van der Waals surface area contributed by atoms with Crippen molar-refractivity contribution in [3.63, 3.8) is 0 Å². The molecule has 0 bridgehead atoms. The van der Waals surface area contributed by atoms with Gasteiger partial charge in [0.25, 0.3) is 6.71 Å². The van der Waals surface area contributed by atoms with Crippen molar-refractivity contribution in [3.05, 3.63) is 140 Å². The van der Waals surface area contributed by atoms with E-state index >= 15 is 0 Å². The van der Waals surface area contributed by atoms with Gasteiger partial charge in [-0.25, -0.2) is 0 Å². The van der Waals surface area contributed by atoms with Crippen molar-refractivity contribution in [2.24, 2.45) is 0 Å². The average Bonchev–Trinajstić information content (AvgIpc) is 3.62. The predicted molar refractivity (Wildman–Crippen MR) is 192 cm³/mol. The molecular weight excluding hydrogens is 543 g/mol. The Morgan fingerprint density at radius 2 is 0.867 bits per heavy atom. The second kappa shape index (κ2) is 7.64. The minimum Gasteiger partial charge on any atom is -0.310 e. The third-order valence-electron chi connectivity index (χ3n) is 10.9. The zero-order valence-corrected chi connectivity index (χ0v) is 24.3. The van der Waals surface area contributed by atoms with Crippen molar-refractivity contribution in [1.29, 1.82) is 0 Å². The van der Waals surface area contributed by atoms with E-state index in [1.54, 1.807) is 0 Å². The zero-order chi connectivity index (χ0) is 29.0. The molecule has 10 aromatic rings. The quantitative estimate of drug-likeness (QED) is 0.129. The van der Waals surface area contributed by atoms with Crippen LogP contribution >= 0.6 is 0 Å². The Hall–Kier alpha value is -5.80. The Morgan fingerprint density at radius 1 is 0.356 bits per heavy atom. The van der Waals surface area contributed by atoms with Crippen molar-refractivity contribution in [2.45, 2.75) is 0 Å². The molecule has 45 heavy (non-hydrogen) atoms. The van der Waals surface area contributed by atoms with E-state index < -0.39 is 0 Å². The van der Waals surface area contributed by atoms with Gasteiger partial charge in [-0.15, -0.1) is 0 Å². The molecule has 0 spiro atoms. The van der Waals surface area contributed by atoms with Gasteiger partial charge in [-0.1, -0.05) is 109 Å². The Morgan fingerprint density at radius 3 is 1.58 bits per heavy atom. The summed E-state index contributed by atoms with van der Waals surface area (Å²) in [7, 11) is 0. The summed E-state index contributed by atoms with van der Waals surface area (Å²) in [4.78, 5) is 0. The molecule has 4 heterocycles. The molecule has 3 heteroatoms. The van der Waals surface area contributed by atoms with E-state index in [1.165, 1.54) is 104 Å². The molecule has 0 amide bonds. The fourth-order valence-corrected chi connectivity index (χ4v) is 9.29. The van der Waals surface area contributed by atoms with E-state index in [0.717, 1.165) is 0 Å². The van der Waals surface area contributed by atoms with Gasteiger partial charge in [-0.05, 0) is 79.0 Å². The van der Waals surface area contributed by atoms with E-state index in [-0.39, 0.29) is 6.71 Å². The predicted octanol–water partition coefficient (Wildman–Crippen LogP) is 8.48. The van der Waals surface area contributed by atoms with Gasteiger partial charge in [0.1, 0.15) is 0 Å². The minimum atomic E-state index is 0.101. The molecule has 0 N–H and O–H groups in total. The Balaban J connectivity index is 1.43. The van der Waals surface area contributed by atoms with Crippen LogP contribution in [0.2, 0.25) is 0 Å². The van der Waals surface area contributed by atoms with Crippen LogP contribution in [-0.2, 0) is 0 Å². The van der Waals surface area contributed by atoms with E-state index in [1.807, 2.05) is 0 Å². The average molecular weight is 566 g/mol. The highest BCUT2D eigenvalue weighted by Gasteiger charge is 2.41. The zero-order valence-electron chi connectivity index (χ0n) is 24.3. The summed E-state index contributed by atoms with van der Waals surface area (Å²) in [6.07, 6.45) is 0. The maximum Gasteiger partial charge on any atom is 0.253 e. The molecule has 12 rings (SSSR count). The first-order valence-corrected chi connectivity index (χ1v) is 15.8. The molecule has 2 aliphatic rings. The highest BCUT2D eigenvalue weighted by Crippen LogP contribution is 2.43. The van der Waals surface area contributed by atoms with Crippen LogP contribution in [0.1, 0.15) is 0 Å². The Kier molecular flexibility index (Phi) is 3.85. The highest BCUT2D eigenvalue weighted by molar-refractivity contribution is 7.02. The number of benzene rings is 8. The lowest BCUT2D eigenvalue weighted by Crippen LogP contribution is -2.59. The lowest BCUT2D eigenvalue weighted by atomic mass is 9.33. The van der Waals surface area contributed by atoms with Gasteiger partial charge in [0, 0.05) is 38.4 Å². The molecule has 0 saturated carbocycles. The van der Waals surface area contributed by atoms with Gasteiger partial charge in [0.05, 0.1) is 16.6 Å². The largest absolute Gasteiger partial charge is 0.310 e. The summed E-state index contributed by atoms with van der Waals surface area (Å²) in [6.45, 7) is 0.101. The fraction of sp³-hybridized carbons (Fsp3) is 0. The molecule has 2 aromatic heterocycles. The number of fused-ring (bicyclic) bond motifs is 17. The van der Waals surface area contributed by atoms with E-state index in [9.17, 15) is 0 Å². The van der Waals surface area contributed by atoms with Gasteiger partial charge in [-0.2, -0.15) is 0 Å². The molecule has 2 aliphatic heterocycles. The van der Waals surface area contributed by atoms with E-state index in [0.29, 0.717) is 0 Å². The molecule has 2 nitrogen and oxygen atoms in total. The van der Waals surface area contributed by atoms with Crippen LogP contribution in [0, 0.1) is 0 Å². The lowest BCUT2D eigenvalue weighted by Gasteiger charge is -2.34. The van der Waals surface area contributed by atoms with Crippen molar-refractivity contribution < 1.29 is 0 Å². The SMILES string of the molecule is c1cc2c3c(c1)-n1c4ccccc4c4cc5c6ccccc6c6ccccc6c5c(c41)B3c1cccc3c4ccccc4n-2c13. The summed E-state index contributed by atoms with van der Waals surface area (Å²) >= 11 is 0. The second-order valence-corrected chi connectivity index (χ2v) is 12.8. The fourth-order valence-electron chi connectivity index (χ4n) is 9.29. The van der Waals surface area contributed by atoms with Gasteiger partial charge >= 0.3 is 0 Å². The highest BCUT2D eigenvalue weighted by atomic mass is 15.0. The van der Waals surface area contributed by atoms with Crippen LogP contribution in [0.15, 0.2) is 140 Å². The van der Waals surface area contributed by atoms with Crippen LogP contribution in [0.5, 0.6) is 0 Å². The molecule has 0 atom stereocenters. The standard InChI is InChI=1S/C42H23BN2/c1-2-13-26-24(11-1)25-12-3-4-16-29(25)38-31(26)23-32-28-15-6-8-20-35(28)45-37-22-10-21-36-39(37)43(40(38)42(32)45)33-18-9-17-30-27-14-5-7-19-34(27)44(36)41(30)33/h1-23H. The van der Waals surface area contributed by atoms with Gasteiger partial charge in [0.2, 0.25) is 0 Å². The van der Waals surface area contributed by atoms with Crippen LogP contribution < -0.4 is 16.4 Å². The third-order valence-corrected chi connectivity index (χ3v) is 10.9. The van der Waals surface area contributed by atoms with E-state index in [4.69, 9.17) is 0 Å². The molecule has 0 fully saturated rings. The number of nitrogens with zero attached hydrogens (tertiary/aromatic N) is 2. The van der Waals surface area contributed by atoms with Crippen molar-refractivity contribution in [3.8, 4) is 11.4 Å². The molecule has 8 aromatic carbocycles. The first-order chi connectivity index (χ1) is 22.4. The van der Waals surface area contributed by atoms with Gasteiger partial charge in [0.15, 0.2) is 0 Å². The van der Waals surface area contributed by atoms with Crippen LogP contribution in [0.25, 0.3) is 87.3 Å². The monoisotopic (exact) mass is 566 g/mol. The number of hydrogen-bond donors (Lipinski definition) is 0. The smallest absolute Gasteiger partial charge is 0.253 e. The summed E-state index contributed by atoms with van der Waals surface area (Å²) in [5.41, 5.74) is 12.0. The molecule has 0 aliphatic carbocycles. The van der Waals surface area contributed by atoms with Crippen molar-refractivity contribution >= 4 is 99.0 Å². The van der Waals surface area contributed by atoms with Crippen LogP contribution in [-0.4, -0.2) is 15.8 Å². The van der Waals surface area contributed by atoms with Gasteiger partial charge < -0.3 is 9.13 Å². The van der Waals surface area contributed by atoms with E-state index in [2.05, 4.69) is 149 Å². The van der Waals surface area contributed by atoms with Crippen LogP contribution in [0.4, 0.5) is 0 Å². The maximum atomic E-state index is 2.58. The first kappa shape index (κ1) is 22.7. The number of rotatable bonds is 0. The molecule has 0 radical (unpaired) electrons. The number of para-hydroxylation sites is 3. The first-order valence-electron chi connectivity index (χ1n) is 15.8. The summed E-state index contributed by atoms with van der Waals surface area (Å²) in [5.74, 6) is 0. The topological polar surface area (TPSA) is 9.86 Å². The van der Waals surface area contributed by atoms with Gasteiger partial charge in [-0.3, -0.25) is 0 Å². The Labute approximate surface area is 258 Å². The molecule has 0 unspecified atom stereocenters. The third kappa shape index (κ3) is 2.48. The minimum absolute atomic E-state index is 0.101.